The van der Waals surface area contributed by atoms with Crippen molar-refractivity contribution in [3.05, 3.63) is 59.7 Å². The molecule has 2 aliphatic rings. The lowest BCUT2D eigenvalue weighted by Gasteiger charge is -2.25. The van der Waals surface area contributed by atoms with E-state index in [2.05, 4.69) is 28.9 Å². The van der Waals surface area contributed by atoms with Crippen molar-refractivity contribution in [2.75, 3.05) is 19.6 Å². The van der Waals surface area contributed by atoms with Gasteiger partial charge in [0, 0.05) is 24.1 Å². The summed E-state index contributed by atoms with van der Waals surface area (Å²) in [6.07, 6.45) is 4.78. The minimum absolute atomic E-state index is 0. The molecule has 0 unspecified atom stereocenters. The molecule has 1 fully saturated rings. The lowest BCUT2D eigenvalue weighted by molar-refractivity contribution is 0.150. The van der Waals surface area contributed by atoms with Crippen LogP contribution in [0.25, 0.3) is 11.1 Å². The van der Waals surface area contributed by atoms with Crippen molar-refractivity contribution in [3.63, 3.8) is 0 Å². The van der Waals surface area contributed by atoms with Crippen LogP contribution in [0.4, 0.5) is 0 Å². The SMILES string of the molecule is Cl.OC1(C#CCCN2CCCCC2)c2ccccc2-c2ccccc21. The van der Waals surface area contributed by atoms with Crippen LogP contribution in [0.15, 0.2) is 48.5 Å². The number of nitrogens with zero attached hydrogens (tertiary/aromatic N) is 1. The van der Waals surface area contributed by atoms with Gasteiger partial charge in [0.2, 0.25) is 0 Å². The molecule has 1 aliphatic heterocycles. The largest absolute Gasteiger partial charge is 0.369 e. The van der Waals surface area contributed by atoms with Crippen molar-refractivity contribution in [2.45, 2.75) is 31.3 Å². The Hall–Kier alpha value is -1.79. The Morgan fingerprint density at radius 2 is 1.44 bits per heavy atom. The first-order chi connectivity index (χ1) is 11.8. The average Bonchev–Trinajstić information content (AvgIpc) is 2.90. The summed E-state index contributed by atoms with van der Waals surface area (Å²) in [5, 5.41) is 11.3. The van der Waals surface area contributed by atoms with E-state index in [0.29, 0.717) is 0 Å². The lowest BCUT2D eigenvalue weighted by Crippen LogP contribution is -2.30. The molecular weight excluding hydrogens is 330 g/mol. The van der Waals surface area contributed by atoms with Crippen LogP contribution in [-0.4, -0.2) is 29.6 Å². The predicted molar refractivity (Wildman–Crippen MR) is 105 cm³/mol. The van der Waals surface area contributed by atoms with E-state index in [1.807, 2.05) is 36.4 Å². The summed E-state index contributed by atoms with van der Waals surface area (Å²) in [5.74, 6) is 6.44. The second-order valence-corrected chi connectivity index (χ2v) is 6.76. The van der Waals surface area contributed by atoms with Crippen LogP contribution >= 0.6 is 12.4 Å². The molecule has 1 heterocycles. The van der Waals surface area contributed by atoms with Gasteiger partial charge in [0.1, 0.15) is 0 Å². The van der Waals surface area contributed by atoms with Gasteiger partial charge in [-0.05, 0) is 37.1 Å². The summed E-state index contributed by atoms with van der Waals surface area (Å²) in [7, 11) is 0. The van der Waals surface area contributed by atoms with Gasteiger partial charge >= 0.3 is 0 Å². The van der Waals surface area contributed by atoms with E-state index in [4.69, 9.17) is 0 Å². The number of hydrogen-bond donors (Lipinski definition) is 1. The van der Waals surface area contributed by atoms with Gasteiger partial charge in [-0.15, -0.1) is 12.4 Å². The molecule has 1 aliphatic carbocycles. The first kappa shape index (κ1) is 18.0. The van der Waals surface area contributed by atoms with Gasteiger partial charge in [0.15, 0.2) is 5.60 Å². The maximum atomic E-state index is 11.3. The van der Waals surface area contributed by atoms with Gasteiger partial charge in [-0.2, -0.15) is 0 Å². The molecule has 4 rings (SSSR count). The first-order valence-corrected chi connectivity index (χ1v) is 8.93. The van der Waals surface area contributed by atoms with Gasteiger partial charge in [-0.1, -0.05) is 66.8 Å². The van der Waals surface area contributed by atoms with Gasteiger partial charge in [-0.3, -0.25) is 0 Å². The normalized spacial score (nSPS) is 17.6. The number of benzene rings is 2. The number of piperidine rings is 1. The summed E-state index contributed by atoms with van der Waals surface area (Å²) in [6, 6.07) is 16.1. The highest BCUT2D eigenvalue weighted by Crippen LogP contribution is 2.46. The minimum atomic E-state index is -1.17. The van der Waals surface area contributed by atoms with Gasteiger partial charge in [-0.25, -0.2) is 0 Å². The Kier molecular flexibility index (Phi) is 5.49. The zero-order chi connectivity index (χ0) is 16.4. The minimum Gasteiger partial charge on any atom is -0.369 e. The van der Waals surface area contributed by atoms with Crippen molar-refractivity contribution < 1.29 is 5.11 Å². The van der Waals surface area contributed by atoms with Crippen LogP contribution in [0.3, 0.4) is 0 Å². The van der Waals surface area contributed by atoms with E-state index < -0.39 is 5.60 Å². The highest BCUT2D eigenvalue weighted by Gasteiger charge is 2.39. The number of likely N-dealkylation sites (tertiary alicyclic amines) is 1. The molecule has 0 aromatic heterocycles. The van der Waals surface area contributed by atoms with Crippen molar-refractivity contribution in [2.24, 2.45) is 0 Å². The van der Waals surface area contributed by atoms with Gasteiger partial charge in [0.05, 0.1) is 0 Å². The maximum absolute atomic E-state index is 11.3. The molecule has 1 N–H and O–H groups in total. The molecule has 0 bridgehead atoms. The smallest absolute Gasteiger partial charge is 0.178 e. The van der Waals surface area contributed by atoms with Crippen LogP contribution in [0.2, 0.25) is 0 Å². The Morgan fingerprint density at radius 3 is 2.04 bits per heavy atom. The third-order valence-electron chi connectivity index (χ3n) is 5.19. The molecule has 0 saturated carbocycles. The molecule has 3 heteroatoms. The third kappa shape index (κ3) is 3.33. The summed E-state index contributed by atoms with van der Waals surface area (Å²) < 4.78 is 0. The molecule has 130 valence electrons. The van der Waals surface area contributed by atoms with Crippen LogP contribution in [0, 0.1) is 11.8 Å². The van der Waals surface area contributed by atoms with E-state index in [1.165, 1.54) is 32.4 Å². The van der Waals surface area contributed by atoms with Crippen LogP contribution in [0.5, 0.6) is 0 Å². The van der Waals surface area contributed by atoms with Crippen LogP contribution in [-0.2, 0) is 5.60 Å². The second kappa shape index (κ2) is 7.62. The van der Waals surface area contributed by atoms with Crippen molar-refractivity contribution in [3.8, 4) is 23.0 Å². The topological polar surface area (TPSA) is 23.5 Å². The highest BCUT2D eigenvalue weighted by molar-refractivity contribution is 5.85. The quantitative estimate of drug-likeness (QED) is 0.818. The molecule has 2 aromatic rings. The molecule has 0 radical (unpaired) electrons. The van der Waals surface area contributed by atoms with E-state index in [9.17, 15) is 5.11 Å². The number of aliphatic hydroxyl groups is 1. The van der Waals surface area contributed by atoms with Crippen molar-refractivity contribution in [1.82, 2.24) is 4.90 Å². The molecule has 0 atom stereocenters. The molecule has 1 saturated heterocycles. The fourth-order valence-electron chi connectivity index (χ4n) is 3.93. The Labute approximate surface area is 156 Å². The monoisotopic (exact) mass is 353 g/mol. The highest BCUT2D eigenvalue weighted by atomic mass is 35.5. The molecule has 2 aromatic carbocycles. The molecular formula is C22H24ClNO. The summed E-state index contributed by atoms with van der Waals surface area (Å²) in [5.41, 5.74) is 2.85. The van der Waals surface area contributed by atoms with E-state index in [-0.39, 0.29) is 12.4 Å². The fraction of sp³-hybridized carbons (Fsp3) is 0.364. The molecule has 25 heavy (non-hydrogen) atoms. The number of fused-ring (bicyclic) bond motifs is 3. The van der Waals surface area contributed by atoms with E-state index in [0.717, 1.165) is 35.2 Å². The Bertz CT molecular complexity index is 753. The van der Waals surface area contributed by atoms with Crippen molar-refractivity contribution in [1.29, 1.82) is 0 Å². The molecule has 2 nitrogen and oxygen atoms in total. The number of halogens is 1. The maximum Gasteiger partial charge on any atom is 0.178 e. The van der Waals surface area contributed by atoms with Crippen LogP contribution in [0.1, 0.15) is 36.8 Å². The number of rotatable bonds is 2. The summed E-state index contributed by atoms with van der Waals surface area (Å²) >= 11 is 0. The fourth-order valence-corrected chi connectivity index (χ4v) is 3.93. The zero-order valence-electron chi connectivity index (χ0n) is 14.4. The Balaban J connectivity index is 0.00000182. The zero-order valence-corrected chi connectivity index (χ0v) is 15.2. The summed E-state index contributed by atoms with van der Waals surface area (Å²) in [6.45, 7) is 3.39. The third-order valence-corrected chi connectivity index (χ3v) is 5.19. The standard InChI is InChI=1S/C22H23NO.ClH/c24-22(14-6-9-17-23-15-7-1-8-16-23)20-12-4-2-10-18(20)19-11-3-5-13-21(19)22;/h2-5,10-13,24H,1,7-9,15-17H2;1H. The van der Waals surface area contributed by atoms with Gasteiger partial charge in [0.25, 0.3) is 0 Å². The van der Waals surface area contributed by atoms with E-state index >= 15 is 0 Å². The predicted octanol–water partition coefficient (Wildman–Crippen LogP) is 4.20. The van der Waals surface area contributed by atoms with Crippen LogP contribution < -0.4 is 0 Å². The van der Waals surface area contributed by atoms with E-state index in [1.54, 1.807) is 0 Å². The Morgan fingerprint density at radius 1 is 0.880 bits per heavy atom. The lowest BCUT2D eigenvalue weighted by atomic mass is 9.92. The number of hydrogen-bond acceptors (Lipinski definition) is 2. The molecule has 0 spiro atoms. The second-order valence-electron chi connectivity index (χ2n) is 6.76. The van der Waals surface area contributed by atoms with Crippen molar-refractivity contribution >= 4 is 12.4 Å². The average molecular weight is 354 g/mol. The first-order valence-electron chi connectivity index (χ1n) is 8.93. The summed E-state index contributed by atoms with van der Waals surface area (Å²) in [4.78, 5) is 2.48. The van der Waals surface area contributed by atoms with Gasteiger partial charge < -0.3 is 10.0 Å². The molecule has 0 amide bonds.